The summed E-state index contributed by atoms with van der Waals surface area (Å²) in [5, 5.41) is 0. The van der Waals surface area contributed by atoms with Gasteiger partial charge in [0.25, 0.3) is 0 Å². The van der Waals surface area contributed by atoms with Crippen LogP contribution in [-0.4, -0.2) is 17.6 Å². The second-order valence-electron chi connectivity index (χ2n) is 3.32. The summed E-state index contributed by atoms with van der Waals surface area (Å²) in [7, 11) is 0. The van der Waals surface area contributed by atoms with Crippen molar-refractivity contribution in [2.75, 3.05) is 0 Å². The highest BCUT2D eigenvalue weighted by atomic mass is 19.3. The van der Waals surface area contributed by atoms with Gasteiger partial charge in [0, 0.05) is 25.2 Å². The Hall–Kier alpha value is -0.610. The average molecular weight is 198 g/mol. The van der Waals surface area contributed by atoms with Gasteiger partial charge in [-0.05, 0) is 0 Å². The first kappa shape index (κ1) is 10.5. The molecule has 1 unspecified atom stereocenters. The van der Waals surface area contributed by atoms with Gasteiger partial charge >= 0.3 is 11.8 Å². The largest absolute Gasteiger partial charge is 0.313 e. The lowest BCUT2D eigenvalue weighted by Gasteiger charge is -2.43. The molecule has 76 valence electrons. The highest BCUT2D eigenvalue weighted by molar-refractivity contribution is 5.78. The molecule has 0 bridgehead atoms. The molecule has 0 amide bonds. The van der Waals surface area contributed by atoms with Crippen LogP contribution in [-0.2, 0) is 4.79 Å². The highest BCUT2D eigenvalue weighted by Gasteiger charge is 2.71. The van der Waals surface area contributed by atoms with Crippen molar-refractivity contribution < 1.29 is 22.4 Å². The molecule has 0 aromatic carbocycles. The lowest BCUT2D eigenvalue weighted by Crippen LogP contribution is -2.59. The fourth-order valence-electron chi connectivity index (χ4n) is 1.36. The zero-order valence-corrected chi connectivity index (χ0v) is 7.12. The van der Waals surface area contributed by atoms with Gasteiger partial charge in [0.1, 0.15) is 5.78 Å². The van der Waals surface area contributed by atoms with Crippen molar-refractivity contribution in [2.24, 2.45) is 5.92 Å². The average Bonchev–Trinajstić information content (AvgIpc) is 2.03. The summed E-state index contributed by atoms with van der Waals surface area (Å²) < 4.78 is 49.7. The van der Waals surface area contributed by atoms with Crippen LogP contribution in [0.4, 0.5) is 17.6 Å². The van der Waals surface area contributed by atoms with E-state index in [0.29, 0.717) is 0 Å². The summed E-state index contributed by atoms with van der Waals surface area (Å²) in [5.41, 5.74) is 0. The van der Waals surface area contributed by atoms with Crippen molar-refractivity contribution in [3.63, 3.8) is 0 Å². The van der Waals surface area contributed by atoms with E-state index in [2.05, 4.69) is 0 Å². The maximum Gasteiger partial charge on any atom is 0.313 e. The van der Waals surface area contributed by atoms with E-state index >= 15 is 0 Å². The zero-order valence-electron chi connectivity index (χ0n) is 7.12. The Morgan fingerprint density at radius 3 is 2.23 bits per heavy atom. The summed E-state index contributed by atoms with van der Waals surface area (Å²) >= 11 is 0. The molecule has 1 rings (SSSR count). The van der Waals surface area contributed by atoms with E-state index in [9.17, 15) is 22.4 Å². The predicted octanol–water partition coefficient (Wildman–Crippen LogP) is 2.65. The lowest BCUT2D eigenvalue weighted by atomic mass is 9.74. The van der Waals surface area contributed by atoms with Crippen molar-refractivity contribution >= 4 is 5.78 Å². The van der Waals surface area contributed by atoms with Crippen molar-refractivity contribution in [2.45, 2.75) is 38.0 Å². The Kier molecular flexibility index (Phi) is 2.38. The van der Waals surface area contributed by atoms with Gasteiger partial charge in [-0.15, -0.1) is 0 Å². The highest BCUT2D eigenvalue weighted by Crippen LogP contribution is 2.56. The van der Waals surface area contributed by atoms with Gasteiger partial charge < -0.3 is 0 Å². The van der Waals surface area contributed by atoms with Crippen molar-refractivity contribution in [3.05, 3.63) is 0 Å². The summed E-state index contributed by atoms with van der Waals surface area (Å²) in [6.45, 7) is 1.53. The van der Waals surface area contributed by atoms with Crippen LogP contribution in [0.25, 0.3) is 0 Å². The van der Waals surface area contributed by atoms with Crippen molar-refractivity contribution in [1.82, 2.24) is 0 Å². The molecule has 0 heterocycles. The fourth-order valence-corrected chi connectivity index (χ4v) is 1.36. The molecular weight excluding hydrogens is 188 g/mol. The van der Waals surface area contributed by atoms with Crippen molar-refractivity contribution in [1.29, 1.82) is 0 Å². The van der Waals surface area contributed by atoms with E-state index in [1.165, 1.54) is 6.92 Å². The van der Waals surface area contributed by atoms with Crippen LogP contribution in [0.3, 0.4) is 0 Å². The molecular formula is C8H10F4O. The first-order valence-electron chi connectivity index (χ1n) is 4.08. The van der Waals surface area contributed by atoms with Gasteiger partial charge in [-0.25, -0.2) is 0 Å². The second-order valence-corrected chi connectivity index (χ2v) is 3.32. The van der Waals surface area contributed by atoms with E-state index in [-0.39, 0.29) is 12.2 Å². The molecule has 5 heteroatoms. The third-order valence-corrected chi connectivity index (χ3v) is 2.37. The molecule has 1 saturated carbocycles. The minimum Gasteiger partial charge on any atom is -0.300 e. The minimum absolute atomic E-state index is 0.123. The Bertz CT molecular complexity index is 224. The van der Waals surface area contributed by atoms with E-state index in [0.717, 1.165) is 0 Å². The summed E-state index contributed by atoms with van der Waals surface area (Å²) in [5.74, 6) is -9.75. The number of carbonyl (C=O) groups is 1. The molecule has 1 atom stereocenters. The number of ketones is 1. The lowest BCUT2D eigenvalue weighted by molar-refractivity contribution is -0.313. The summed E-state index contributed by atoms with van der Waals surface area (Å²) in [4.78, 5) is 10.7. The first-order valence-corrected chi connectivity index (χ1v) is 4.08. The van der Waals surface area contributed by atoms with Crippen LogP contribution in [0.15, 0.2) is 0 Å². The van der Waals surface area contributed by atoms with Gasteiger partial charge in [0.2, 0.25) is 0 Å². The molecule has 0 saturated heterocycles. The molecule has 0 spiro atoms. The van der Waals surface area contributed by atoms with E-state index in [4.69, 9.17) is 0 Å². The van der Waals surface area contributed by atoms with Crippen LogP contribution in [0.1, 0.15) is 26.2 Å². The van der Waals surface area contributed by atoms with E-state index < -0.39 is 30.6 Å². The number of Topliss-reactive ketones (excluding diaryl/α,β-unsaturated/α-hetero) is 1. The molecule has 1 nitrogen and oxygen atoms in total. The van der Waals surface area contributed by atoms with Gasteiger partial charge in [0.15, 0.2) is 0 Å². The fraction of sp³-hybridized carbons (Fsp3) is 0.875. The number of halogens is 4. The topological polar surface area (TPSA) is 17.1 Å². The van der Waals surface area contributed by atoms with Gasteiger partial charge in [-0.2, -0.15) is 17.6 Å². The second kappa shape index (κ2) is 2.96. The standard InChI is InChI=1S/C8H10F4O/c1-2-6(13)3-5-4-7(9,10)8(5,11)12/h5H,2-4H2,1H3. The van der Waals surface area contributed by atoms with E-state index in [1.807, 2.05) is 0 Å². The molecule has 0 aromatic rings. The third-order valence-electron chi connectivity index (χ3n) is 2.37. The van der Waals surface area contributed by atoms with Gasteiger partial charge in [-0.1, -0.05) is 6.92 Å². The molecule has 0 aliphatic heterocycles. The van der Waals surface area contributed by atoms with Crippen LogP contribution in [0.5, 0.6) is 0 Å². The molecule has 1 aliphatic rings. The number of rotatable bonds is 3. The van der Waals surface area contributed by atoms with Crippen LogP contribution in [0.2, 0.25) is 0 Å². The molecule has 1 aliphatic carbocycles. The summed E-state index contributed by atoms with van der Waals surface area (Å²) in [6, 6.07) is 0. The smallest absolute Gasteiger partial charge is 0.300 e. The Labute approximate surface area is 73.1 Å². The molecule has 0 aromatic heterocycles. The number of hydrogen-bond donors (Lipinski definition) is 0. The Balaban J connectivity index is 2.54. The van der Waals surface area contributed by atoms with Crippen LogP contribution < -0.4 is 0 Å². The third kappa shape index (κ3) is 1.56. The number of carbonyl (C=O) groups excluding carboxylic acids is 1. The minimum atomic E-state index is -3.99. The summed E-state index contributed by atoms with van der Waals surface area (Å²) in [6.07, 6.45) is -1.18. The van der Waals surface area contributed by atoms with Crippen LogP contribution in [0, 0.1) is 5.92 Å². The Morgan fingerprint density at radius 1 is 1.38 bits per heavy atom. The molecule has 1 fully saturated rings. The molecule has 0 radical (unpaired) electrons. The normalized spacial score (nSPS) is 29.5. The molecule has 0 N–H and O–H groups in total. The Morgan fingerprint density at radius 2 is 1.92 bits per heavy atom. The maximum atomic E-state index is 12.6. The predicted molar refractivity (Wildman–Crippen MR) is 37.9 cm³/mol. The maximum absolute atomic E-state index is 12.6. The SMILES string of the molecule is CCC(=O)CC1CC(F)(F)C1(F)F. The first-order chi connectivity index (χ1) is 5.81. The van der Waals surface area contributed by atoms with Crippen molar-refractivity contribution in [3.8, 4) is 0 Å². The quantitative estimate of drug-likeness (QED) is 0.637. The van der Waals surface area contributed by atoms with Gasteiger partial charge in [-0.3, -0.25) is 4.79 Å². The van der Waals surface area contributed by atoms with Gasteiger partial charge in [0.05, 0.1) is 0 Å². The number of hydrogen-bond acceptors (Lipinski definition) is 1. The molecule has 13 heavy (non-hydrogen) atoms. The van der Waals surface area contributed by atoms with Crippen LogP contribution >= 0.6 is 0 Å². The van der Waals surface area contributed by atoms with E-state index in [1.54, 1.807) is 0 Å². The number of alkyl halides is 4. The monoisotopic (exact) mass is 198 g/mol. The zero-order chi connectivity index (χ0) is 10.3.